The van der Waals surface area contributed by atoms with Crippen LogP contribution in [0.2, 0.25) is 5.02 Å². The number of halogens is 1. The first-order chi connectivity index (χ1) is 10.5. The first kappa shape index (κ1) is 15.9. The van der Waals surface area contributed by atoms with E-state index in [4.69, 9.17) is 11.6 Å². The summed E-state index contributed by atoms with van der Waals surface area (Å²) in [4.78, 5) is 1.38. The molecule has 3 nitrogen and oxygen atoms in total. The maximum absolute atomic E-state index is 12.6. The van der Waals surface area contributed by atoms with E-state index in [1.54, 1.807) is 36.0 Å². The summed E-state index contributed by atoms with van der Waals surface area (Å²) in [7, 11) is -3.53. The van der Waals surface area contributed by atoms with Crippen LogP contribution in [0.1, 0.15) is 23.6 Å². The Bertz CT molecular complexity index is 788. The topological polar surface area (TPSA) is 46.2 Å². The van der Waals surface area contributed by atoms with Gasteiger partial charge in [0.25, 0.3) is 0 Å². The van der Waals surface area contributed by atoms with Crippen molar-refractivity contribution in [3.63, 3.8) is 0 Å². The number of hydrogen-bond donors (Lipinski definition) is 1. The van der Waals surface area contributed by atoms with E-state index in [1.807, 2.05) is 25.1 Å². The van der Waals surface area contributed by atoms with Crippen LogP contribution in [0.15, 0.2) is 52.3 Å². The van der Waals surface area contributed by atoms with Gasteiger partial charge in [-0.2, -0.15) is 0 Å². The predicted octanol–water partition coefficient (Wildman–Crippen LogP) is 4.16. The first-order valence-electron chi connectivity index (χ1n) is 6.97. The molecule has 3 rings (SSSR count). The highest BCUT2D eigenvalue weighted by Gasteiger charge is 2.26. The van der Waals surface area contributed by atoms with Gasteiger partial charge in [-0.15, -0.1) is 11.8 Å². The molecule has 6 heteroatoms. The quantitative estimate of drug-likeness (QED) is 0.901. The molecule has 0 fully saturated rings. The molecule has 1 aliphatic heterocycles. The average molecular weight is 354 g/mol. The van der Waals surface area contributed by atoms with Crippen molar-refractivity contribution in [2.24, 2.45) is 0 Å². The number of sulfonamides is 1. The molecule has 2 aromatic carbocycles. The minimum Gasteiger partial charge on any atom is -0.207 e. The lowest BCUT2D eigenvalue weighted by Crippen LogP contribution is -2.30. The number of aryl methyl sites for hydroxylation is 1. The normalized spacial score (nSPS) is 18.0. The number of thioether (sulfide) groups is 1. The van der Waals surface area contributed by atoms with Gasteiger partial charge < -0.3 is 0 Å². The maximum atomic E-state index is 12.6. The number of benzene rings is 2. The van der Waals surface area contributed by atoms with Gasteiger partial charge in [0.1, 0.15) is 0 Å². The Morgan fingerprint density at radius 3 is 2.64 bits per heavy atom. The van der Waals surface area contributed by atoms with E-state index >= 15 is 0 Å². The van der Waals surface area contributed by atoms with Gasteiger partial charge >= 0.3 is 0 Å². The van der Waals surface area contributed by atoms with Crippen LogP contribution in [0, 0.1) is 6.92 Å². The zero-order valence-corrected chi connectivity index (χ0v) is 14.4. The Kier molecular flexibility index (Phi) is 4.50. The Hall–Kier alpha value is -1.01. The van der Waals surface area contributed by atoms with Crippen LogP contribution < -0.4 is 4.72 Å². The van der Waals surface area contributed by atoms with Gasteiger partial charge in [0.15, 0.2) is 0 Å². The van der Waals surface area contributed by atoms with Crippen molar-refractivity contribution in [3.05, 3.63) is 58.6 Å². The molecule has 0 bridgehead atoms. The number of rotatable bonds is 3. The van der Waals surface area contributed by atoms with Crippen LogP contribution >= 0.6 is 23.4 Å². The number of fused-ring (bicyclic) bond motifs is 1. The van der Waals surface area contributed by atoms with Gasteiger partial charge in [-0.3, -0.25) is 0 Å². The average Bonchev–Trinajstić information content (AvgIpc) is 2.48. The van der Waals surface area contributed by atoms with Crippen LogP contribution in [0.5, 0.6) is 0 Å². The van der Waals surface area contributed by atoms with E-state index in [0.717, 1.165) is 28.2 Å². The lowest BCUT2D eigenvalue weighted by molar-refractivity contribution is 0.546. The summed E-state index contributed by atoms with van der Waals surface area (Å²) >= 11 is 7.79. The van der Waals surface area contributed by atoms with Crippen molar-refractivity contribution in [1.82, 2.24) is 4.72 Å². The number of nitrogens with one attached hydrogen (secondary N) is 1. The molecule has 0 spiro atoms. The summed E-state index contributed by atoms with van der Waals surface area (Å²) in [6.45, 7) is 1.93. The smallest absolute Gasteiger partial charge is 0.207 e. The third-order valence-electron chi connectivity index (χ3n) is 3.64. The van der Waals surface area contributed by atoms with E-state index in [0.29, 0.717) is 9.92 Å². The van der Waals surface area contributed by atoms with Crippen molar-refractivity contribution in [3.8, 4) is 0 Å². The van der Waals surface area contributed by atoms with Gasteiger partial charge in [0.2, 0.25) is 10.0 Å². The molecule has 116 valence electrons. The van der Waals surface area contributed by atoms with Crippen molar-refractivity contribution in [1.29, 1.82) is 0 Å². The highest BCUT2D eigenvalue weighted by atomic mass is 35.5. The number of hydrogen-bond acceptors (Lipinski definition) is 3. The molecule has 1 heterocycles. The summed E-state index contributed by atoms with van der Waals surface area (Å²) in [6.07, 6.45) is 0.753. The second-order valence-corrected chi connectivity index (χ2v) is 8.59. The first-order valence-corrected chi connectivity index (χ1v) is 9.82. The summed E-state index contributed by atoms with van der Waals surface area (Å²) < 4.78 is 27.9. The molecule has 1 atom stereocenters. The Morgan fingerprint density at radius 1 is 1.18 bits per heavy atom. The molecule has 22 heavy (non-hydrogen) atoms. The standard InChI is InChI=1S/C16H16ClNO2S2/c1-11-2-5-13(6-3-11)22(19,20)18-15-8-9-21-16-7-4-12(17)10-14(15)16/h2-7,10,15,18H,8-9H2,1H3/t15-/m1/s1. The van der Waals surface area contributed by atoms with Gasteiger partial charge in [-0.25, -0.2) is 13.1 Å². The summed E-state index contributed by atoms with van der Waals surface area (Å²) in [6, 6.07) is 12.3. The molecule has 1 N–H and O–H groups in total. The molecule has 0 radical (unpaired) electrons. The van der Waals surface area contributed by atoms with Crippen LogP contribution in [0.25, 0.3) is 0 Å². The Morgan fingerprint density at radius 2 is 1.91 bits per heavy atom. The van der Waals surface area contributed by atoms with Crippen molar-refractivity contribution < 1.29 is 8.42 Å². The van der Waals surface area contributed by atoms with E-state index in [-0.39, 0.29) is 6.04 Å². The highest BCUT2D eigenvalue weighted by Crippen LogP contribution is 2.38. The monoisotopic (exact) mass is 353 g/mol. The van der Waals surface area contributed by atoms with Crippen molar-refractivity contribution in [2.45, 2.75) is 29.2 Å². The summed E-state index contributed by atoms with van der Waals surface area (Å²) in [5.74, 6) is 0.885. The molecule has 0 aromatic heterocycles. The fourth-order valence-electron chi connectivity index (χ4n) is 2.46. The summed E-state index contributed by atoms with van der Waals surface area (Å²) in [5, 5.41) is 0.626. The molecule has 2 aromatic rings. The SMILES string of the molecule is Cc1ccc(S(=O)(=O)N[C@@H]2CCSc3ccc(Cl)cc32)cc1. The predicted molar refractivity (Wildman–Crippen MR) is 91.0 cm³/mol. The third-order valence-corrected chi connectivity index (χ3v) is 6.49. The van der Waals surface area contributed by atoms with Crippen LogP contribution in [0.3, 0.4) is 0 Å². The lowest BCUT2D eigenvalue weighted by atomic mass is 10.1. The largest absolute Gasteiger partial charge is 0.241 e. The van der Waals surface area contributed by atoms with Crippen molar-refractivity contribution >= 4 is 33.4 Å². The zero-order chi connectivity index (χ0) is 15.7. The van der Waals surface area contributed by atoms with Gasteiger partial charge in [-0.1, -0.05) is 29.3 Å². The molecule has 0 aliphatic carbocycles. The molecule has 0 saturated heterocycles. The fraction of sp³-hybridized carbons (Fsp3) is 0.250. The van der Waals surface area contributed by atoms with E-state index in [9.17, 15) is 8.42 Å². The molecule has 1 aliphatic rings. The van der Waals surface area contributed by atoms with Gasteiger partial charge in [0, 0.05) is 16.0 Å². The molecule has 0 amide bonds. The van der Waals surface area contributed by atoms with Crippen LogP contribution in [-0.2, 0) is 10.0 Å². The Balaban J connectivity index is 1.91. The molecular formula is C16H16ClNO2S2. The zero-order valence-electron chi connectivity index (χ0n) is 12.0. The maximum Gasteiger partial charge on any atom is 0.241 e. The third kappa shape index (κ3) is 3.33. The second-order valence-electron chi connectivity index (χ2n) is 5.31. The second kappa shape index (κ2) is 6.24. The molecule has 0 unspecified atom stereocenters. The minimum atomic E-state index is -3.53. The minimum absolute atomic E-state index is 0.235. The lowest BCUT2D eigenvalue weighted by Gasteiger charge is -2.26. The van der Waals surface area contributed by atoms with Gasteiger partial charge in [0.05, 0.1) is 4.90 Å². The Labute approximate surface area is 140 Å². The van der Waals surface area contributed by atoms with E-state index in [2.05, 4.69) is 4.72 Å². The fourth-order valence-corrected chi connectivity index (χ4v) is 5.00. The van der Waals surface area contributed by atoms with E-state index in [1.165, 1.54) is 0 Å². The molecular weight excluding hydrogens is 338 g/mol. The van der Waals surface area contributed by atoms with Crippen LogP contribution in [0.4, 0.5) is 0 Å². The van der Waals surface area contributed by atoms with Crippen LogP contribution in [-0.4, -0.2) is 14.2 Å². The highest BCUT2D eigenvalue weighted by molar-refractivity contribution is 7.99. The van der Waals surface area contributed by atoms with Crippen molar-refractivity contribution in [2.75, 3.05) is 5.75 Å². The molecule has 0 saturated carbocycles. The van der Waals surface area contributed by atoms with E-state index < -0.39 is 10.0 Å². The van der Waals surface area contributed by atoms with Gasteiger partial charge in [-0.05, 0) is 55.0 Å². The summed E-state index contributed by atoms with van der Waals surface area (Å²) in [5.41, 5.74) is 1.99.